The highest BCUT2D eigenvalue weighted by Gasteiger charge is 2.26. The predicted octanol–water partition coefficient (Wildman–Crippen LogP) is 2.70. The number of ether oxygens (including phenoxy) is 2. The van der Waals surface area contributed by atoms with Crippen LogP contribution in [0, 0.1) is 23.3 Å². The number of rotatable bonds is 6. The summed E-state index contributed by atoms with van der Waals surface area (Å²) in [5.74, 6) is -9.61. The fourth-order valence-corrected chi connectivity index (χ4v) is 1.43. The summed E-state index contributed by atoms with van der Waals surface area (Å²) in [4.78, 5) is 21.9. The zero-order valence-electron chi connectivity index (χ0n) is 11.1. The topological polar surface area (TPSA) is 52.6 Å². The standard InChI is InChI=1S/C14H10F4O4/c1-3-9(19)21-5-7-8(6-22-10(20)4-2)12(16)14(18)13(17)11(7)15/h3-4H,1-2,5-6H2. The van der Waals surface area contributed by atoms with E-state index in [0.29, 0.717) is 0 Å². The van der Waals surface area contributed by atoms with Gasteiger partial charge in [0.15, 0.2) is 23.3 Å². The van der Waals surface area contributed by atoms with E-state index in [1.54, 1.807) is 0 Å². The molecule has 0 atom stereocenters. The van der Waals surface area contributed by atoms with Crippen molar-refractivity contribution in [3.63, 3.8) is 0 Å². The first-order chi connectivity index (χ1) is 10.3. The van der Waals surface area contributed by atoms with E-state index in [9.17, 15) is 27.2 Å². The summed E-state index contributed by atoms with van der Waals surface area (Å²) in [5, 5.41) is 0. The maximum atomic E-state index is 13.7. The summed E-state index contributed by atoms with van der Waals surface area (Å²) < 4.78 is 62.8. The van der Waals surface area contributed by atoms with Crippen LogP contribution >= 0.6 is 0 Å². The predicted molar refractivity (Wildman–Crippen MR) is 66.3 cm³/mol. The third kappa shape index (κ3) is 3.72. The second kappa shape index (κ2) is 7.39. The van der Waals surface area contributed by atoms with Crippen LogP contribution in [0.1, 0.15) is 11.1 Å². The first-order valence-corrected chi connectivity index (χ1v) is 5.75. The number of benzene rings is 1. The van der Waals surface area contributed by atoms with Crippen LogP contribution in [0.4, 0.5) is 17.6 Å². The van der Waals surface area contributed by atoms with E-state index in [2.05, 4.69) is 22.6 Å². The summed E-state index contributed by atoms with van der Waals surface area (Å²) in [7, 11) is 0. The van der Waals surface area contributed by atoms with Crippen molar-refractivity contribution in [2.75, 3.05) is 0 Å². The Kier molecular flexibility index (Phi) is 5.85. The lowest BCUT2D eigenvalue weighted by Gasteiger charge is -2.13. The summed E-state index contributed by atoms with van der Waals surface area (Å²) in [6.45, 7) is 4.37. The van der Waals surface area contributed by atoms with Gasteiger partial charge in [-0.2, -0.15) is 0 Å². The first kappa shape index (κ1) is 17.4. The van der Waals surface area contributed by atoms with Crippen molar-refractivity contribution in [2.45, 2.75) is 13.2 Å². The zero-order chi connectivity index (χ0) is 16.9. The fourth-order valence-electron chi connectivity index (χ4n) is 1.43. The van der Waals surface area contributed by atoms with E-state index in [1.165, 1.54) is 0 Å². The molecule has 0 aromatic heterocycles. The molecule has 0 amide bonds. The molecular weight excluding hydrogens is 308 g/mol. The lowest BCUT2D eigenvalue weighted by Crippen LogP contribution is -2.14. The molecule has 22 heavy (non-hydrogen) atoms. The molecule has 0 N–H and O–H groups in total. The smallest absolute Gasteiger partial charge is 0.330 e. The van der Waals surface area contributed by atoms with Gasteiger partial charge in [-0.05, 0) is 0 Å². The van der Waals surface area contributed by atoms with E-state index >= 15 is 0 Å². The van der Waals surface area contributed by atoms with Gasteiger partial charge >= 0.3 is 11.9 Å². The lowest BCUT2D eigenvalue weighted by molar-refractivity contribution is -0.140. The number of carbonyl (C=O) groups excluding carboxylic acids is 2. The Morgan fingerprint density at radius 3 is 1.36 bits per heavy atom. The molecule has 0 aliphatic rings. The molecule has 0 saturated heterocycles. The van der Waals surface area contributed by atoms with Gasteiger partial charge < -0.3 is 9.47 Å². The van der Waals surface area contributed by atoms with Crippen molar-refractivity contribution < 1.29 is 36.6 Å². The summed E-state index contributed by atoms with van der Waals surface area (Å²) in [5.41, 5.74) is -1.58. The van der Waals surface area contributed by atoms with Crippen molar-refractivity contribution in [3.05, 3.63) is 59.7 Å². The molecule has 0 radical (unpaired) electrons. The number of hydrogen-bond acceptors (Lipinski definition) is 4. The molecular formula is C14H10F4O4. The van der Waals surface area contributed by atoms with Crippen LogP contribution in [0.3, 0.4) is 0 Å². The SMILES string of the molecule is C=CC(=O)OCc1c(F)c(F)c(F)c(F)c1COC(=O)C=C. The summed E-state index contributed by atoms with van der Waals surface area (Å²) in [6, 6.07) is 0. The normalized spacial score (nSPS) is 10.0. The molecule has 118 valence electrons. The Balaban J connectivity index is 3.24. The molecule has 1 aromatic carbocycles. The minimum atomic E-state index is -2.07. The Bertz CT molecular complexity index is 585. The molecule has 4 nitrogen and oxygen atoms in total. The number of halogens is 4. The Morgan fingerprint density at radius 2 is 1.09 bits per heavy atom. The van der Waals surface area contributed by atoms with Gasteiger partial charge in [-0.3, -0.25) is 0 Å². The molecule has 1 rings (SSSR count). The molecule has 8 heteroatoms. The van der Waals surface area contributed by atoms with Crippen LogP contribution in [0.2, 0.25) is 0 Å². The third-order valence-electron chi connectivity index (χ3n) is 2.52. The van der Waals surface area contributed by atoms with Gasteiger partial charge in [0.05, 0.1) is 0 Å². The van der Waals surface area contributed by atoms with Crippen LogP contribution in [0.25, 0.3) is 0 Å². The second-order valence-electron chi connectivity index (χ2n) is 3.84. The summed E-state index contributed by atoms with van der Waals surface area (Å²) >= 11 is 0. The quantitative estimate of drug-likeness (QED) is 0.266. The Labute approximate surface area is 122 Å². The van der Waals surface area contributed by atoms with Gasteiger partial charge in [-0.15, -0.1) is 0 Å². The monoisotopic (exact) mass is 318 g/mol. The Morgan fingerprint density at radius 1 is 0.773 bits per heavy atom. The molecule has 0 spiro atoms. The van der Waals surface area contributed by atoms with Crippen LogP contribution < -0.4 is 0 Å². The molecule has 1 aromatic rings. The molecule has 0 fully saturated rings. The summed E-state index contributed by atoms with van der Waals surface area (Å²) in [6.07, 6.45) is 1.48. The van der Waals surface area contributed by atoms with E-state index in [1.807, 2.05) is 0 Å². The largest absolute Gasteiger partial charge is 0.458 e. The minimum absolute atomic E-state index is 0.742. The van der Waals surface area contributed by atoms with Gasteiger partial charge in [0.25, 0.3) is 0 Å². The number of carbonyl (C=O) groups is 2. The van der Waals surface area contributed by atoms with Crippen LogP contribution in [-0.2, 0) is 32.3 Å². The number of hydrogen-bond donors (Lipinski definition) is 0. The van der Waals surface area contributed by atoms with Gasteiger partial charge in [-0.25, -0.2) is 27.2 Å². The molecule has 0 heterocycles. The van der Waals surface area contributed by atoms with Gasteiger partial charge in [-0.1, -0.05) is 13.2 Å². The van der Waals surface area contributed by atoms with Gasteiger partial charge in [0.1, 0.15) is 13.2 Å². The zero-order valence-corrected chi connectivity index (χ0v) is 11.1. The third-order valence-corrected chi connectivity index (χ3v) is 2.52. The molecule has 0 aliphatic heterocycles. The minimum Gasteiger partial charge on any atom is -0.458 e. The van der Waals surface area contributed by atoms with Crippen LogP contribution in [0.15, 0.2) is 25.3 Å². The van der Waals surface area contributed by atoms with E-state index < -0.39 is 59.5 Å². The van der Waals surface area contributed by atoms with Crippen LogP contribution in [0.5, 0.6) is 0 Å². The van der Waals surface area contributed by atoms with E-state index in [0.717, 1.165) is 12.2 Å². The van der Waals surface area contributed by atoms with Crippen molar-refractivity contribution in [1.82, 2.24) is 0 Å². The van der Waals surface area contributed by atoms with Crippen molar-refractivity contribution >= 4 is 11.9 Å². The second-order valence-corrected chi connectivity index (χ2v) is 3.84. The van der Waals surface area contributed by atoms with Crippen molar-refractivity contribution in [3.8, 4) is 0 Å². The Hall–Kier alpha value is -2.64. The fraction of sp³-hybridized carbons (Fsp3) is 0.143. The molecule has 0 saturated carbocycles. The maximum absolute atomic E-state index is 13.7. The maximum Gasteiger partial charge on any atom is 0.330 e. The average molecular weight is 318 g/mol. The van der Waals surface area contributed by atoms with Gasteiger partial charge in [0, 0.05) is 23.3 Å². The molecule has 0 unspecified atom stereocenters. The highest BCUT2D eigenvalue weighted by molar-refractivity contribution is 5.81. The molecule has 0 bridgehead atoms. The van der Waals surface area contributed by atoms with Gasteiger partial charge in [0.2, 0.25) is 0 Å². The highest BCUT2D eigenvalue weighted by Crippen LogP contribution is 2.26. The van der Waals surface area contributed by atoms with E-state index in [-0.39, 0.29) is 0 Å². The molecule has 0 aliphatic carbocycles. The first-order valence-electron chi connectivity index (χ1n) is 5.75. The van der Waals surface area contributed by atoms with E-state index in [4.69, 9.17) is 0 Å². The van der Waals surface area contributed by atoms with Crippen molar-refractivity contribution in [2.24, 2.45) is 0 Å². The average Bonchev–Trinajstić information content (AvgIpc) is 2.53. The van der Waals surface area contributed by atoms with Crippen molar-refractivity contribution in [1.29, 1.82) is 0 Å². The highest BCUT2D eigenvalue weighted by atomic mass is 19.2. The number of esters is 2. The lowest BCUT2D eigenvalue weighted by atomic mass is 10.1. The van der Waals surface area contributed by atoms with Crippen LogP contribution in [-0.4, -0.2) is 11.9 Å².